The first kappa shape index (κ1) is 15.7. The highest BCUT2D eigenvalue weighted by atomic mass is 16.5. The highest BCUT2D eigenvalue weighted by Crippen LogP contribution is 2.51. The number of benzene rings is 1. The van der Waals surface area contributed by atoms with Gasteiger partial charge in [0.1, 0.15) is 0 Å². The van der Waals surface area contributed by atoms with Gasteiger partial charge in [-0.15, -0.1) is 0 Å². The fourth-order valence-corrected chi connectivity index (χ4v) is 2.40. The standard InChI is InChI=1S/C15H16O7/c1-18-8-6-7(16)9-10(11(8)17)13(20-3)15(22-5)14(21-4)12(9)19-2/h6H,1-5H3. The van der Waals surface area contributed by atoms with Crippen LogP contribution in [0.25, 0.3) is 0 Å². The molecule has 118 valence electrons. The van der Waals surface area contributed by atoms with Gasteiger partial charge in [0.2, 0.25) is 17.3 Å². The summed E-state index contributed by atoms with van der Waals surface area (Å²) in [6, 6.07) is 0. The van der Waals surface area contributed by atoms with Crippen molar-refractivity contribution in [2.75, 3.05) is 35.5 Å². The molecule has 0 N–H and O–H groups in total. The summed E-state index contributed by atoms with van der Waals surface area (Å²) in [4.78, 5) is 24.9. The molecule has 0 saturated carbocycles. The fourth-order valence-electron chi connectivity index (χ4n) is 2.40. The molecular weight excluding hydrogens is 292 g/mol. The SMILES string of the molecule is COC1=CC(=O)c2c(OC)c(OC)c(OC)c(OC)c2C1=O. The predicted octanol–water partition coefficient (Wildman–Crippen LogP) is 1.63. The molecule has 1 aliphatic rings. The van der Waals surface area contributed by atoms with Gasteiger partial charge in [-0.2, -0.15) is 0 Å². The van der Waals surface area contributed by atoms with E-state index in [1.807, 2.05) is 0 Å². The molecule has 0 atom stereocenters. The number of hydrogen-bond acceptors (Lipinski definition) is 7. The Morgan fingerprint density at radius 2 is 1.09 bits per heavy atom. The van der Waals surface area contributed by atoms with Gasteiger partial charge in [-0.05, 0) is 0 Å². The summed E-state index contributed by atoms with van der Waals surface area (Å²) >= 11 is 0. The second-order valence-electron chi connectivity index (χ2n) is 4.29. The summed E-state index contributed by atoms with van der Waals surface area (Å²) in [7, 11) is 6.85. The molecule has 0 aromatic heterocycles. The molecule has 0 amide bonds. The smallest absolute Gasteiger partial charge is 0.232 e. The average molecular weight is 308 g/mol. The molecule has 0 fully saturated rings. The van der Waals surface area contributed by atoms with Crippen molar-refractivity contribution >= 4 is 11.6 Å². The molecule has 1 aromatic rings. The summed E-state index contributed by atoms with van der Waals surface area (Å²) in [5.74, 6) is -0.466. The third-order valence-corrected chi connectivity index (χ3v) is 3.32. The lowest BCUT2D eigenvalue weighted by Crippen LogP contribution is -2.21. The van der Waals surface area contributed by atoms with Gasteiger partial charge in [-0.3, -0.25) is 9.59 Å². The quantitative estimate of drug-likeness (QED) is 0.817. The lowest BCUT2D eigenvalue weighted by atomic mass is 9.90. The van der Waals surface area contributed by atoms with Crippen LogP contribution in [0, 0.1) is 0 Å². The first-order valence-corrected chi connectivity index (χ1v) is 6.30. The van der Waals surface area contributed by atoms with Crippen LogP contribution in [-0.2, 0) is 4.74 Å². The number of hydrogen-bond donors (Lipinski definition) is 0. The number of allylic oxidation sites excluding steroid dienone is 2. The molecule has 0 saturated heterocycles. The van der Waals surface area contributed by atoms with Crippen molar-refractivity contribution in [2.24, 2.45) is 0 Å². The Kier molecular flexibility index (Phi) is 4.25. The van der Waals surface area contributed by atoms with E-state index in [0.29, 0.717) is 0 Å². The third-order valence-electron chi connectivity index (χ3n) is 3.32. The van der Waals surface area contributed by atoms with E-state index in [2.05, 4.69) is 0 Å². The second-order valence-corrected chi connectivity index (χ2v) is 4.29. The molecule has 7 nitrogen and oxygen atoms in total. The Morgan fingerprint density at radius 3 is 1.50 bits per heavy atom. The monoisotopic (exact) mass is 308 g/mol. The van der Waals surface area contributed by atoms with Gasteiger partial charge >= 0.3 is 0 Å². The van der Waals surface area contributed by atoms with Gasteiger partial charge in [-0.1, -0.05) is 0 Å². The highest BCUT2D eigenvalue weighted by molar-refractivity contribution is 6.26. The minimum absolute atomic E-state index is 0.0290. The van der Waals surface area contributed by atoms with Crippen LogP contribution in [0.15, 0.2) is 11.8 Å². The largest absolute Gasteiger partial charge is 0.492 e. The van der Waals surface area contributed by atoms with Crippen LogP contribution in [0.1, 0.15) is 20.7 Å². The second kappa shape index (κ2) is 5.97. The molecule has 7 heteroatoms. The zero-order chi connectivity index (χ0) is 16.4. The molecule has 0 heterocycles. The minimum Gasteiger partial charge on any atom is -0.492 e. The van der Waals surface area contributed by atoms with E-state index < -0.39 is 11.6 Å². The van der Waals surface area contributed by atoms with Crippen LogP contribution >= 0.6 is 0 Å². The zero-order valence-corrected chi connectivity index (χ0v) is 12.9. The summed E-state index contributed by atoms with van der Waals surface area (Å²) < 4.78 is 26.0. The Labute approximate surface area is 127 Å². The van der Waals surface area contributed by atoms with E-state index in [9.17, 15) is 9.59 Å². The van der Waals surface area contributed by atoms with E-state index in [1.165, 1.54) is 35.5 Å². The fraction of sp³-hybridized carbons (Fsp3) is 0.333. The zero-order valence-electron chi connectivity index (χ0n) is 12.9. The van der Waals surface area contributed by atoms with Crippen LogP contribution in [0.5, 0.6) is 23.0 Å². The third kappa shape index (κ3) is 2.05. The van der Waals surface area contributed by atoms with Crippen LogP contribution in [0.2, 0.25) is 0 Å². The molecule has 1 aliphatic carbocycles. The Morgan fingerprint density at radius 1 is 0.636 bits per heavy atom. The van der Waals surface area contributed by atoms with Crippen molar-refractivity contribution in [2.45, 2.75) is 0 Å². The lowest BCUT2D eigenvalue weighted by molar-refractivity contribution is 0.0910. The van der Waals surface area contributed by atoms with E-state index in [-0.39, 0.29) is 39.9 Å². The maximum Gasteiger partial charge on any atom is 0.232 e. The van der Waals surface area contributed by atoms with Gasteiger partial charge in [0.15, 0.2) is 23.0 Å². The topological polar surface area (TPSA) is 80.3 Å². The first-order chi connectivity index (χ1) is 10.5. The van der Waals surface area contributed by atoms with Crippen LogP contribution in [-0.4, -0.2) is 47.1 Å². The number of fused-ring (bicyclic) bond motifs is 1. The number of rotatable bonds is 5. The number of Topliss-reactive ketones (excluding diaryl/α,β-unsaturated/α-hetero) is 1. The summed E-state index contributed by atoms with van der Waals surface area (Å²) in [6.45, 7) is 0. The van der Waals surface area contributed by atoms with Crippen molar-refractivity contribution in [3.63, 3.8) is 0 Å². The van der Waals surface area contributed by atoms with Gasteiger partial charge in [-0.25, -0.2) is 0 Å². The van der Waals surface area contributed by atoms with E-state index >= 15 is 0 Å². The molecule has 0 radical (unpaired) electrons. The van der Waals surface area contributed by atoms with Crippen molar-refractivity contribution in [3.05, 3.63) is 23.0 Å². The summed E-state index contributed by atoms with van der Waals surface area (Å²) in [5.41, 5.74) is 0.0872. The van der Waals surface area contributed by atoms with Crippen molar-refractivity contribution in [1.29, 1.82) is 0 Å². The van der Waals surface area contributed by atoms with Crippen LogP contribution < -0.4 is 18.9 Å². The maximum atomic E-state index is 12.5. The molecule has 0 spiro atoms. The molecule has 0 aliphatic heterocycles. The molecule has 0 unspecified atom stereocenters. The van der Waals surface area contributed by atoms with Crippen molar-refractivity contribution in [1.82, 2.24) is 0 Å². The van der Waals surface area contributed by atoms with Gasteiger partial charge in [0.25, 0.3) is 0 Å². The number of ketones is 2. The molecule has 22 heavy (non-hydrogen) atoms. The Hall–Kier alpha value is -2.70. The number of carbonyl (C=O) groups is 2. The van der Waals surface area contributed by atoms with Crippen LogP contribution in [0.3, 0.4) is 0 Å². The molecule has 2 rings (SSSR count). The number of ether oxygens (including phenoxy) is 5. The number of carbonyl (C=O) groups excluding carboxylic acids is 2. The normalized spacial score (nSPS) is 13.2. The average Bonchev–Trinajstić information content (AvgIpc) is 2.54. The van der Waals surface area contributed by atoms with Crippen molar-refractivity contribution in [3.8, 4) is 23.0 Å². The summed E-state index contributed by atoms with van der Waals surface area (Å²) in [5, 5.41) is 0. The molecule has 1 aromatic carbocycles. The maximum absolute atomic E-state index is 12.5. The van der Waals surface area contributed by atoms with Crippen molar-refractivity contribution < 1.29 is 33.3 Å². The van der Waals surface area contributed by atoms with E-state index in [1.54, 1.807) is 0 Å². The summed E-state index contributed by atoms with van der Waals surface area (Å²) in [6.07, 6.45) is 1.11. The molecular formula is C15H16O7. The first-order valence-electron chi connectivity index (χ1n) is 6.30. The number of methoxy groups -OCH3 is 5. The van der Waals surface area contributed by atoms with E-state index in [0.717, 1.165) is 6.08 Å². The predicted molar refractivity (Wildman–Crippen MR) is 76.4 cm³/mol. The van der Waals surface area contributed by atoms with Gasteiger partial charge < -0.3 is 23.7 Å². The Balaban J connectivity index is 2.94. The van der Waals surface area contributed by atoms with Crippen LogP contribution in [0.4, 0.5) is 0 Å². The highest BCUT2D eigenvalue weighted by Gasteiger charge is 2.38. The lowest BCUT2D eigenvalue weighted by Gasteiger charge is -2.23. The minimum atomic E-state index is -0.492. The molecule has 0 bridgehead atoms. The van der Waals surface area contributed by atoms with Gasteiger partial charge in [0, 0.05) is 6.08 Å². The van der Waals surface area contributed by atoms with Gasteiger partial charge in [0.05, 0.1) is 46.7 Å². The van der Waals surface area contributed by atoms with E-state index in [4.69, 9.17) is 23.7 Å². The Bertz CT molecular complexity index is 673.